The summed E-state index contributed by atoms with van der Waals surface area (Å²) in [5.41, 5.74) is 3.65. The van der Waals surface area contributed by atoms with Crippen LogP contribution in [0.25, 0.3) is 5.69 Å². The Bertz CT molecular complexity index is 490. The topological polar surface area (TPSA) is 29.9 Å². The smallest absolute Gasteiger partial charge is 0.133 e. The summed E-state index contributed by atoms with van der Waals surface area (Å²) in [5.74, 6) is 0. The first-order valence-electron chi connectivity index (χ1n) is 4.88. The fourth-order valence-corrected chi connectivity index (χ4v) is 2.43. The highest BCUT2D eigenvalue weighted by atomic mass is 79.9. The van der Waals surface area contributed by atoms with Gasteiger partial charge in [-0.1, -0.05) is 18.2 Å². The van der Waals surface area contributed by atoms with Crippen LogP contribution in [0.2, 0.25) is 0 Å². The van der Waals surface area contributed by atoms with Crippen LogP contribution in [0.3, 0.4) is 0 Å². The zero-order valence-electron chi connectivity index (χ0n) is 8.07. The molecule has 3 rings (SSSR count). The second-order valence-electron chi connectivity index (χ2n) is 3.57. The first-order chi connectivity index (χ1) is 7.36. The molecule has 0 unspecified atom stereocenters. The molecule has 0 saturated carbocycles. The van der Waals surface area contributed by atoms with Crippen LogP contribution >= 0.6 is 15.9 Å². The number of nitrogens with zero attached hydrogens (tertiary/aromatic N) is 2. The summed E-state index contributed by atoms with van der Waals surface area (Å²) in [6, 6.07) is 10.2. The average molecular weight is 264 g/mol. The van der Waals surface area contributed by atoms with Gasteiger partial charge in [-0.25, -0.2) is 4.68 Å². The number of halogens is 1. The van der Waals surface area contributed by atoms with Crippen LogP contribution in [0.15, 0.2) is 34.9 Å². The molecular weight excluding hydrogens is 254 g/mol. The van der Waals surface area contributed by atoms with Crippen molar-refractivity contribution in [1.82, 2.24) is 15.1 Å². The number of nitrogens with one attached hydrogen (secondary N) is 1. The average Bonchev–Trinajstić information content (AvgIpc) is 2.84. The molecule has 0 atom stereocenters. The van der Waals surface area contributed by atoms with Crippen LogP contribution in [-0.4, -0.2) is 9.78 Å². The quantitative estimate of drug-likeness (QED) is 0.856. The third-order valence-corrected chi connectivity index (χ3v) is 3.27. The van der Waals surface area contributed by atoms with Gasteiger partial charge in [0.15, 0.2) is 0 Å². The summed E-state index contributed by atoms with van der Waals surface area (Å²) >= 11 is 3.49. The second-order valence-corrected chi connectivity index (χ2v) is 4.32. The first-order valence-corrected chi connectivity index (χ1v) is 5.68. The summed E-state index contributed by atoms with van der Waals surface area (Å²) < 4.78 is 2.95. The van der Waals surface area contributed by atoms with Gasteiger partial charge >= 0.3 is 0 Å². The molecule has 2 heterocycles. The van der Waals surface area contributed by atoms with Crippen molar-refractivity contribution in [3.63, 3.8) is 0 Å². The van der Waals surface area contributed by atoms with Crippen molar-refractivity contribution in [3.8, 4) is 5.69 Å². The van der Waals surface area contributed by atoms with E-state index in [2.05, 4.69) is 38.5 Å². The lowest BCUT2D eigenvalue weighted by Crippen LogP contribution is -2.07. The molecule has 0 radical (unpaired) electrons. The Morgan fingerprint density at radius 2 is 2.00 bits per heavy atom. The van der Waals surface area contributed by atoms with Crippen LogP contribution in [0.1, 0.15) is 11.3 Å². The summed E-state index contributed by atoms with van der Waals surface area (Å²) in [4.78, 5) is 0. The minimum absolute atomic E-state index is 0.892. The maximum Gasteiger partial charge on any atom is 0.133 e. The van der Waals surface area contributed by atoms with E-state index in [0.29, 0.717) is 0 Å². The summed E-state index contributed by atoms with van der Waals surface area (Å²) in [7, 11) is 0. The molecule has 1 aromatic heterocycles. The number of para-hydroxylation sites is 1. The zero-order valence-corrected chi connectivity index (χ0v) is 9.66. The lowest BCUT2D eigenvalue weighted by Gasteiger charge is -2.04. The van der Waals surface area contributed by atoms with Gasteiger partial charge in [0.25, 0.3) is 0 Å². The fourth-order valence-electron chi connectivity index (χ4n) is 1.90. The van der Waals surface area contributed by atoms with Crippen molar-refractivity contribution >= 4 is 15.9 Å². The predicted molar refractivity (Wildman–Crippen MR) is 61.8 cm³/mol. The van der Waals surface area contributed by atoms with Crippen molar-refractivity contribution in [2.24, 2.45) is 0 Å². The SMILES string of the molecule is Brc1nn(-c2ccccc2)c2c1CNC2. The number of rotatable bonds is 1. The highest BCUT2D eigenvalue weighted by molar-refractivity contribution is 9.10. The molecule has 0 amide bonds. The van der Waals surface area contributed by atoms with Gasteiger partial charge in [0.1, 0.15) is 4.60 Å². The van der Waals surface area contributed by atoms with Gasteiger partial charge < -0.3 is 5.32 Å². The third-order valence-electron chi connectivity index (χ3n) is 2.64. The maximum absolute atomic E-state index is 4.50. The number of hydrogen-bond acceptors (Lipinski definition) is 2. The van der Waals surface area contributed by atoms with Crippen molar-refractivity contribution in [3.05, 3.63) is 46.2 Å². The van der Waals surface area contributed by atoms with Crippen LogP contribution in [0, 0.1) is 0 Å². The maximum atomic E-state index is 4.50. The molecule has 2 aromatic rings. The molecule has 15 heavy (non-hydrogen) atoms. The molecule has 1 aromatic carbocycles. The monoisotopic (exact) mass is 263 g/mol. The first kappa shape index (κ1) is 9.12. The van der Waals surface area contributed by atoms with Gasteiger partial charge in [-0.2, -0.15) is 5.10 Å². The van der Waals surface area contributed by atoms with Crippen LogP contribution in [0.4, 0.5) is 0 Å². The van der Waals surface area contributed by atoms with Gasteiger partial charge in [0, 0.05) is 18.7 Å². The minimum atomic E-state index is 0.892. The van der Waals surface area contributed by atoms with Gasteiger partial charge in [0.2, 0.25) is 0 Å². The molecule has 0 bridgehead atoms. The summed E-state index contributed by atoms with van der Waals surface area (Å²) in [5, 5.41) is 7.82. The van der Waals surface area contributed by atoms with Crippen molar-refractivity contribution in [2.75, 3.05) is 0 Å². The highest BCUT2D eigenvalue weighted by Crippen LogP contribution is 2.26. The molecule has 0 spiro atoms. The molecule has 4 heteroatoms. The normalized spacial score (nSPS) is 14.2. The zero-order chi connectivity index (χ0) is 10.3. The molecule has 1 aliphatic heterocycles. The number of fused-ring (bicyclic) bond motifs is 1. The Labute approximate surface area is 96.2 Å². The van der Waals surface area contributed by atoms with Gasteiger partial charge in [-0.15, -0.1) is 0 Å². The lowest BCUT2D eigenvalue weighted by atomic mass is 10.3. The molecule has 0 saturated heterocycles. The second kappa shape index (κ2) is 3.47. The molecule has 1 aliphatic rings. The van der Waals surface area contributed by atoms with Crippen LogP contribution in [-0.2, 0) is 13.1 Å². The van der Waals surface area contributed by atoms with E-state index in [1.807, 2.05) is 22.9 Å². The van der Waals surface area contributed by atoms with E-state index >= 15 is 0 Å². The molecule has 3 nitrogen and oxygen atoms in total. The van der Waals surface area contributed by atoms with Gasteiger partial charge in [-0.3, -0.25) is 0 Å². The Morgan fingerprint density at radius 3 is 2.80 bits per heavy atom. The Morgan fingerprint density at radius 1 is 1.20 bits per heavy atom. The van der Waals surface area contributed by atoms with Crippen molar-refractivity contribution in [1.29, 1.82) is 0 Å². The Balaban J connectivity index is 2.18. The van der Waals surface area contributed by atoms with E-state index in [0.717, 1.165) is 23.4 Å². The molecule has 0 aliphatic carbocycles. The van der Waals surface area contributed by atoms with E-state index in [-0.39, 0.29) is 0 Å². The summed E-state index contributed by atoms with van der Waals surface area (Å²) in [6.45, 7) is 1.80. The number of aromatic nitrogens is 2. The molecule has 76 valence electrons. The fraction of sp³-hybridized carbons (Fsp3) is 0.182. The Kier molecular flexibility index (Phi) is 2.11. The van der Waals surface area contributed by atoms with Gasteiger partial charge in [-0.05, 0) is 28.1 Å². The molecular formula is C11H10BrN3. The third kappa shape index (κ3) is 1.41. The van der Waals surface area contributed by atoms with Crippen molar-refractivity contribution in [2.45, 2.75) is 13.1 Å². The van der Waals surface area contributed by atoms with E-state index in [9.17, 15) is 0 Å². The minimum Gasteiger partial charge on any atom is -0.307 e. The lowest BCUT2D eigenvalue weighted by molar-refractivity contribution is 0.707. The predicted octanol–water partition coefficient (Wildman–Crippen LogP) is 2.24. The standard InChI is InChI=1S/C11H10BrN3/c12-11-9-6-13-7-10(9)15(14-11)8-4-2-1-3-5-8/h1-5,13H,6-7H2. The highest BCUT2D eigenvalue weighted by Gasteiger charge is 2.21. The van der Waals surface area contributed by atoms with E-state index in [1.165, 1.54) is 11.3 Å². The van der Waals surface area contributed by atoms with Gasteiger partial charge in [0.05, 0.1) is 11.4 Å². The van der Waals surface area contributed by atoms with Crippen molar-refractivity contribution < 1.29 is 0 Å². The van der Waals surface area contributed by atoms with E-state index < -0.39 is 0 Å². The Hall–Kier alpha value is -1.13. The summed E-state index contributed by atoms with van der Waals surface area (Å²) in [6.07, 6.45) is 0. The van der Waals surface area contributed by atoms with E-state index in [1.54, 1.807) is 0 Å². The van der Waals surface area contributed by atoms with E-state index in [4.69, 9.17) is 0 Å². The van der Waals surface area contributed by atoms with Crippen LogP contribution in [0.5, 0.6) is 0 Å². The molecule has 0 fully saturated rings. The van der Waals surface area contributed by atoms with Crippen LogP contribution < -0.4 is 5.32 Å². The largest absolute Gasteiger partial charge is 0.307 e. The number of hydrogen-bond donors (Lipinski definition) is 1. The molecule has 1 N–H and O–H groups in total. The number of benzene rings is 1.